The molecule has 0 spiro atoms. The number of hydrogen-bond acceptors (Lipinski definition) is 3. The van der Waals surface area contributed by atoms with Crippen molar-refractivity contribution >= 4 is 40.5 Å². The summed E-state index contributed by atoms with van der Waals surface area (Å²) in [6, 6.07) is 23.1. The fourth-order valence-corrected chi connectivity index (χ4v) is 4.95. The summed E-state index contributed by atoms with van der Waals surface area (Å²) in [6.45, 7) is 0.397. The highest BCUT2D eigenvalue weighted by molar-refractivity contribution is 7.80. The van der Waals surface area contributed by atoms with E-state index in [1.807, 2.05) is 76.3 Å². The quantitative estimate of drug-likeness (QED) is 0.308. The van der Waals surface area contributed by atoms with Gasteiger partial charge in [0.2, 0.25) is 5.91 Å². The Hall–Kier alpha value is -3.75. The summed E-state index contributed by atoms with van der Waals surface area (Å²) in [5, 5.41) is 6.90. The standard InChI is InChI=1S/C27H23ClFN5OS/c28-20-17-19(11-12-21(20)29)33-15-6-10-23(33)26-25(22-9-4-5-14-30-22)32-27(36)34(26)16-13-24(35)31-18-7-2-1-3-8-18/h1-12,14-15,17,25-26H,13,16H2,(H,31,35)(H,32,36)/t25-,26+/m0/s1. The van der Waals surface area contributed by atoms with Gasteiger partial charge in [0.1, 0.15) is 5.82 Å². The molecule has 6 nitrogen and oxygen atoms in total. The Balaban J connectivity index is 1.46. The van der Waals surface area contributed by atoms with Crippen molar-refractivity contribution in [3.05, 3.63) is 113 Å². The lowest BCUT2D eigenvalue weighted by atomic mass is 10.0. The molecular weight excluding hydrogens is 497 g/mol. The molecule has 2 aromatic carbocycles. The van der Waals surface area contributed by atoms with Crippen molar-refractivity contribution in [2.45, 2.75) is 18.5 Å². The first-order valence-corrected chi connectivity index (χ1v) is 12.3. The van der Waals surface area contributed by atoms with E-state index in [0.717, 1.165) is 22.8 Å². The van der Waals surface area contributed by atoms with Crippen molar-refractivity contribution in [2.75, 3.05) is 11.9 Å². The van der Waals surface area contributed by atoms with Gasteiger partial charge in [-0.15, -0.1) is 0 Å². The zero-order valence-corrected chi connectivity index (χ0v) is 20.7. The summed E-state index contributed by atoms with van der Waals surface area (Å²) in [5.74, 6) is -0.583. The van der Waals surface area contributed by atoms with Gasteiger partial charge in [-0.2, -0.15) is 0 Å². The normalized spacial score (nSPS) is 17.2. The molecule has 1 saturated heterocycles. The van der Waals surface area contributed by atoms with Gasteiger partial charge in [-0.1, -0.05) is 35.9 Å². The van der Waals surface area contributed by atoms with Crippen molar-refractivity contribution < 1.29 is 9.18 Å². The first kappa shape index (κ1) is 24.0. The molecule has 0 saturated carbocycles. The maximum Gasteiger partial charge on any atom is 0.226 e. The smallest absolute Gasteiger partial charge is 0.226 e. The first-order chi connectivity index (χ1) is 17.5. The lowest BCUT2D eigenvalue weighted by Crippen LogP contribution is -2.33. The predicted octanol–water partition coefficient (Wildman–Crippen LogP) is 5.67. The highest BCUT2D eigenvalue weighted by Crippen LogP contribution is 2.39. The minimum Gasteiger partial charge on any atom is -0.352 e. The maximum absolute atomic E-state index is 13.8. The lowest BCUT2D eigenvalue weighted by Gasteiger charge is -2.29. The summed E-state index contributed by atoms with van der Waals surface area (Å²) < 4.78 is 15.8. The van der Waals surface area contributed by atoms with Crippen molar-refractivity contribution in [2.24, 2.45) is 0 Å². The van der Waals surface area contributed by atoms with Crippen LogP contribution in [0.5, 0.6) is 0 Å². The summed E-state index contributed by atoms with van der Waals surface area (Å²) >= 11 is 11.8. The third kappa shape index (κ3) is 4.96. The summed E-state index contributed by atoms with van der Waals surface area (Å²) in [4.78, 5) is 19.3. The monoisotopic (exact) mass is 519 g/mol. The van der Waals surface area contributed by atoms with Crippen LogP contribution in [0.1, 0.15) is 29.9 Å². The minimum absolute atomic E-state index is 0.0444. The number of carbonyl (C=O) groups excluding carboxylic acids is 1. The second-order valence-corrected chi connectivity index (χ2v) is 9.18. The second kappa shape index (κ2) is 10.5. The van der Waals surface area contributed by atoms with Gasteiger partial charge in [0.05, 0.1) is 22.8 Å². The Morgan fingerprint density at radius 1 is 1.08 bits per heavy atom. The van der Waals surface area contributed by atoms with Crippen molar-refractivity contribution in [1.29, 1.82) is 0 Å². The number of para-hydroxylation sites is 1. The predicted molar refractivity (Wildman–Crippen MR) is 143 cm³/mol. The molecule has 3 heterocycles. The van der Waals surface area contributed by atoms with E-state index in [2.05, 4.69) is 15.6 Å². The van der Waals surface area contributed by atoms with Gasteiger partial charge in [0, 0.05) is 42.4 Å². The SMILES string of the molecule is O=C(CCN1C(=S)N[C@@H](c2ccccn2)[C@H]1c1cccn1-c1ccc(F)c(Cl)c1)Nc1ccccc1. The fraction of sp³-hybridized carbons (Fsp3) is 0.148. The van der Waals surface area contributed by atoms with Gasteiger partial charge in [0.15, 0.2) is 5.11 Å². The number of amides is 1. The van der Waals surface area contributed by atoms with Crippen LogP contribution >= 0.6 is 23.8 Å². The number of nitrogens with one attached hydrogen (secondary N) is 2. The Morgan fingerprint density at radius 3 is 2.64 bits per heavy atom. The molecule has 0 radical (unpaired) electrons. The molecular formula is C27H23ClFN5OS. The number of halogens is 2. The zero-order chi connectivity index (χ0) is 25.1. The van der Waals surface area contributed by atoms with Crippen LogP contribution in [-0.2, 0) is 4.79 Å². The largest absolute Gasteiger partial charge is 0.352 e. The summed E-state index contributed by atoms with van der Waals surface area (Å²) in [6.07, 6.45) is 3.88. The van der Waals surface area contributed by atoms with Gasteiger partial charge >= 0.3 is 0 Å². The van der Waals surface area contributed by atoms with Gasteiger partial charge in [-0.3, -0.25) is 9.78 Å². The molecule has 2 aromatic heterocycles. The molecule has 4 aromatic rings. The lowest BCUT2D eigenvalue weighted by molar-refractivity contribution is -0.116. The molecule has 36 heavy (non-hydrogen) atoms. The average Bonchev–Trinajstić information content (AvgIpc) is 3.50. The molecule has 182 valence electrons. The third-order valence-corrected chi connectivity index (χ3v) is 6.74. The van der Waals surface area contributed by atoms with Gasteiger partial charge < -0.3 is 20.1 Å². The Morgan fingerprint density at radius 2 is 1.89 bits per heavy atom. The maximum atomic E-state index is 13.8. The number of rotatable bonds is 7. The molecule has 1 aliphatic rings. The van der Waals surface area contributed by atoms with Crippen LogP contribution < -0.4 is 10.6 Å². The van der Waals surface area contributed by atoms with Crippen LogP contribution in [0.4, 0.5) is 10.1 Å². The van der Waals surface area contributed by atoms with Crippen LogP contribution in [0, 0.1) is 5.82 Å². The molecule has 0 aliphatic carbocycles. The zero-order valence-electron chi connectivity index (χ0n) is 19.1. The summed E-state index contributed by atoms with van der Waals surface area (Å²) in [5.41, 5.74) is 3.20. The Bertz CT molecular complexity index is 1380. The molecule has 1 fully saturated rings. The second-order valence-electron chi connectivity index (χ2n) is 8.39. The van der Waals surface area contributed by atoms with E-state index >= 15 is 0 Å². The number of hydrogen-bond donors (Lipinski definition) is 2. The molecule has 1 aliphatic heterocycles. The number of thiocarbonyl (C=S) groups is 1. The van der Waals surface area contributed by atoms with E-state index in [1.165, 1.54) is 6.07 Å². The van der Waals surface area contributed by atoms with Crippen LogP contribution in [0.15, 0.2) is 91.3 Å². The number of carbonyl (C=O) groups is 1. The number of nitrogens with zero attached hydrogens (tertiary/aromatic N) is 3. The van der Waals surface area contributed by atoms with Crippen molar-refractivity contribution in [3.8, 4) is 5.69 Å². The van der Waals surface area contributed by atoms with E-state index in [4.69, 9.17) is 23.8 Å². The minimum atomic E-state index is -0.477. The fourth-order valence-electron chi connectivity index (χ4n) is 4.44. The molecule has 1 amide bonds. The van der Waals surface area contributed by atoms with Gasteiger partial charge in [-0.05, 0) is 66.8 Å². The highest BCUT2D eigenvalue weighted by atomic mass is 35.5. The number of aromatic nitrogens is 2. The van der Waals surface area contributed by atoms with E-state index in [1.54, 1.807) is 18.3 Å². The number of anilines is 1. The van der Waals surface area contributed by atoms with E-state index in [9.17, 15) is 9.18 Å². The average molecular weight is 520 g/mol. The first-order valence-electron chi connectivity index (χ1n) is 11.5. The number of benzene rings is 2. The van der Waals surface area contributed by atoms with Crippen LogP contribution in [-0.4, -0.2) is 32.0 Å². The Labute approximate surface area is 218 Å². The molecule has 2 atom stereocenters. The molecule has 9 heteroatoms. The van der Waals surface area contributed by atoms with Crippen molar-refractivity contribution in [3.63, 3.8) is 0 Å². The van der Waals surface area contributed by atoms with E-state index in [-0.39, 0.29) is 29.4 Å². The molecule has 0 unspecified atom stereocenters. The number of pyridine rings is 1. The Kier molecular flexibility index (Phi) is 6.97. The third-order valence-electron chi connectivity index (χ3n) is 6.10. The van der Waals surface area contributed by atoms with Crippen molar-refractivity contribution in [1.82, 2.24) is 19.8 Å². The topological polar surface area (TPSA) is 62.2 Å². The van der Waals surface area contributed by atoms with E-state index in [0.29, 0.717) is 11.7 Å². The van der Waals surface area contributed by atoms with Crippen LogP contribution in [0.3, 0.4) is 0 Å². The molecule has 5 rings (SSSR count). The van der Waals surface area contributed by atoms with Gasteiger partial charge in [-0.25, -0.2) is 4.39 Å². The van der Waals surface area contributed by atoms with Gasteiger partial charge in [0.25, 0.3) is 0 Å². The van der Waals surface area contributed by atoms with Crippen LogP contribution in [0.2, 0.25) is 5.02 Å². The summed E-state index contributed by atoms with van der Waals surface area (Å²) in [7, 11) is 0. The van der Waals surface area contributed by atoms with E-state index < -0.39 is 5.82 Å². The van der Waals surface area contributed by atoms with Crippen LogP contribution in [0.25, 0.3) is 5.69 Å². The molecule has 0 bridgehead atoms. The molecule has 2 N–H and O–H groups in total. The highest BCUT2D eigenvalue weighted by Gasteiger charge is 2.41.